The number of likely N-dealkylation sites (N-methyl/N-ethyl adjacent to an activating group) is 1. The maximum Gasteiger partial charge on any atom is 0.0454 e. The molecule has 3 heteroatoms. The van der Waals surface area contributed by atoms with Crippen LogP contribution in [0.1, 0.15) is 16.5 Å². The number of nitrogens with zero attached hydrogens (tertiary/aromatic N) is 1. The lowest BCUT2D eigenvalue weighted by Crippen LogP contribution is -2.17. The van der Waals surface area contributed by atoms with E-state index in [-0.39, 0.29) is 0 Å². The molecule has 1 atom stereocenters. The molecule has 3 rings (SSSR count). The molecule has 3 aromatic rings. The van der Waals surface area contributed by atoms with Gasteiger partial charge in [-0.05, 0) is 42.6 Å². The molecule has 96 valence electrons. The van der Waals surface area contributed by atoms with Crippen LogP contribution >= 0.6 is 11.3 Å². The average molecular weight is 268 g/mol. The molecule has 1 N–H and O–H groups in total. The van der Waals surface area contributed by atoms with E-state index in [9.17, 15) is 0 Å². The van der Waals surface area contributed by atoms with E-state index in [1.54, 1.807) is 0 Å². The first kappa shape index (κ1) is 12.3. The lowest BCUT2D eigenvalue weighted by molar-refractivity contribution is 0.601. The maximum absolute atomic E-state index is 4.18. The molecule has 2 heterocycles. The first-order chi connectivity index (χ1) is 9.36. The second-order valence-electron chi connectivity index (χ2n) is 4.59. The van der Waals surface area contributed by atoms with Gasteiger partial charge < -0.3 is 5.32 Å². The van der Waals surface area contributed by atoms with Gasteiger partial charge in [0.25, 0.3) is 0 Å². The van der Waals surface area contributed by atoms with E-state index in [4.69, 9.17) is 0 Å². The Morgan fingerprint density at radius 3 is 2.84 bits per heavy atom. The standard InChI is InChI=1S/C16H16N2S/c1-17-14(9-12-5-4-8-18-11-12)16-10-13-6-2-3-7-15(13)19-16/h2-8,10-11,14,17H,9H2,1H3. The lowest BCUT2D eigenvalue weighted by atomic mass is 10.1. The number of aromatic nitrogens is 1. The third-order valence-electron chi connectivity index (χ3n) is 3.30. The Morgan fingerprint density at radius 2 is 2.11 bits per heavy atom. The minimum atomic E-state index is 0.349. The van der Waals surface area contributed by atoms with Gasteiger partial charge in [0.15, 0.2) is 0 Å². The molecule has 0 radical (unpaired) electrons. The van der Waals surface area contributed by atoms with E-state index >= 15 is 0 Å². The molecular weight excluding hydrogens is 252 g/mol. The highest BCUT2D eigenvalue weighted by Crippen LogP contribution is 2.31. The summed E-state index contributed by atoms with van der Waals surface area (Å²) in [5.74, 6) is 0. The molecule has 0 bridgehead atoms. The summed E-state index contributed by atoms with van der Waals surface area (Å²) in [6.07, 6.45) is 4.73. The fraction of sp³-hybridized carbons (Fsp3) is 0.188. The second kappa shape index (κ2) is 5.51. The van der Waals surface area contributed by atoms with Gasteiger partial charge in [0.1, 0.15) is 0 Å². The second-order valence-corrected chi connectivity index (χ2v) is 5.71. The number of thiophene rings is 1. The quantitative estimate of drug-likeness (QED) is 0.778. The number of hydrogen-bond acceptors (Lipinski definition) is 3. The van der Waals surface area contributed by atoms with Crippen LogP contribution in [0.2, 0.25) is 0 Å². The van der Waals surface area contributed by atoms with Crippen molar-refractivity contribution in [2.75, 3.05) is 7.05 Å². The average Bonchev–Trinajstić information content (AvgIpc) is 2.89. The van der Waals surface area contributed by atoms with E-state index < -0.39 is 0 Å². The van der Waals surface area contributed by atoms with Crippen LogP contribution in [0, 0.1) is 0 Å². The minimum Gasteiger partial charge on any atom is -0.312 e. The van der Waals surface area contributed by atoms with Crippen molar-refractivity contribution >= 4 is 21.4 Å². The third kappa shape index (κ3) is 2.67. The van der Waals surface area contributed by atoms with Crippen molar-refractivity contribution < 1.29 is 0 Å². The van der Waals surface area contributed by atoms with Gasteiger partial charge in [0, 0.05) is 28.0 Å². The smallest absolute Gasteiger partial charge is 0.0454 e. The molecule has 2 aromatic heterocycles. The van der Waals surface area contributed by atoms with Gasteiger partial charge in [-0.15, -0.1) is 11.3 Å². The molecule has 2 nitrogen and oxygen atoms in total. The molecule has 0 spiro atoms. The van der Waals surface area contributed by atoms with Crippen molar-refractivity contribution in [3.05, 3.63) is 65.3 Å². The van der Waals surface area contributed by atoms with Gasteiger partial charge in [0.2, 0.25) is 0 Å². The summed E-state index contributed by atoms with van der Waals surface area (Å²) < 4.78 is 1.35. The Kier molecular flexibility index (Phi) is 3.58. The van der Waals surface area contributed by atoms with Gasteiger partial charge in [-0.3, -0.25) is 4.98 Å². The Balaban J connectivity index is 1.89. The number of rotatable bonds is 4. The first-order valence-corrected chi connectivity index (χ1v) is 7.23. The van der Waals surface area contributed by atoms with Gasteiger partial charge in [-0.1, -0.05) is 24.3 Å². The van der Waals surface area contributed by atoms with E-state index in [0.29, 0.717) is 6.04 Å². The van der Waals surface area contributed by atoms with Crippen molar-refractivity contribution in [2.24, 2.45) is 0 Å². The van der Waals surface area contributed by atoms with Crippen molar-refractivity contribution in [1.29, 1.82) is 0 Å². The van der Waals surface area contributed by atoms with Crippen LogP contribution < -0.4 is 5.32 Å². The van der Waals surface area contributed by atoms with Gasteiger partial charge in [0.05, 0.1) is 0 Å². The first-order valence-electron chi connectivity index (χ1n) is 6.41. The molecule has 0 saturated heterocycles. The fourth-order valence-electron chi connectivity index (χ4n) is 2.27. The van der Waals surface area contributed by atoms with Gasteiger partial charge >= 0.3 is 0 Å². The predicted molar refractivity (Wildman–Crippen MR) is 81.6 cm³/mol. The van der Waals surface area contributed by atoms with Crippen molar-refractivity contribution in [3.8, 4) is 0 Å². The largest absolute Gasteiger partial charge is 0.312 e. The summed E-state index contributed by atoms with van der Waals surface area (Å²) in [7, 11) is 2.02. The lowest BCUT2D eigenvalue weighted by Gasteiger charge is -2.14. The highest BCUT2D eigenvalue weighted by atomic mass is 32.1. The normalized spacial score (nSPS) is 12.7. The Hall–Kier alpha value is -1.71. The van der Waals surface area contributed by atoms with E-state index in [1.807, 2.05) is 36.8 Å². The summed E-state index contributed by atoms with van der Waals surface area (Å²) >= 11 is 1.87. The molecule has 19 heavy (non-hydrogen) atoms. The van der Waals surface area contributed by atoms with Crippen LogP contribution in [0.15, 0.2) is 54.9 Å². The zero-order valence-electron chi connectivity index (χ0n) is 10.8. The summed E-state index contributed by atoms with van der Waals surface area (Å²) in [5, 5.41) is 4.74. The molecule has 0 amide bonds. The highest BCUT2D eigenvalue weighted by Gasteiger charge is 2.13. The predicted octanol–water partition coefficient (Wildman–Crippen LogP) is 3.80. The molecule has 0 fully saturated rings. The molecule has 0 aliphatic heterocycles. The maximum atomic E-state index is 4.18. The number of fused-ring (bicyclic) bond motifs is 1. The summed E-state index contributed by atoms with van der Waals surface area (Å²) in [6.45, 7) is 0. The van der Waals surface area contributed by atoms with Crippen LogP contribution in [-0.4, -0.2) is 12.0 Å². The van der Waals surface area contributed by atoms with Crippen molar-refractivity contribution in [3.63, 3.8) is 0 Å². The van der Waals surface area contributed by atoms with Crippen LogP contribution in [-0.2, 0) is 6.42 Å². The van der Waals surface area contributed by atoms with Gasteiger partial charge in [-0.25, -0.2) is 0 Å². The van der Waals surface area contributed by atoms with E-state index in [2.05, 4.69) is 46.7 Å². The van der Waals surface area contributed by atoms with Crippen LogP contribution in [0.5, 0.6) is 0 Å². The van der Waals surface area contributed by atoms with Gasteiger partial charge in [-0.2, -0.15) is 0 Å². The zero-order chi connectivity index (χ0) is 13.1. The minimum absolute atomic E-state index is 0.349. The van der Waals surface area contributed by atoms with Crippen LogP contribution in [0.4, 0.5) is 0 Å². The highest BCUT2D eigenvalue weighted by molar-refractivity contribution is 7.19. The van der Waals surface area contributed by atoms with Crippen LogP contribution in [0.25, 0.3) is 10.1 Å². The number of nitrogens with one attached hydrogen (secondary N) is 1. The number of hydrogen-bond donors (Lipinski definition) is 1. The molecular formula is C16H16N2S. The molecule has 0 aliphatic rings. The van der Waals surface area contributed by atoms with Crippen molar-refractivity contribution in [2.45, 2.75) is 12.5 Å². The Labute approximate surface area is 117 Å². The third-order valence-corrected chi connectivity index (χ3v) is 4.53. The van der Waals surface area contributed by atoms with E-state index in [1.165, 1.54) is 20.5 Å². The Bertz CT molecular complexity index is 628. The molecule has 0 aliphatic carbocycles. The zero-order valence-corrected chi connectivity index (χ0v) is 11.7. The molecule has 1 aromatic carbocycles. The SMILES string of the molecule is CNC(Cc1cccnc1)c1cc2ccccc2s1. The fourth-order valence-corrected chi connectivity index (χ4v) is 3.45. The summed E-state index contributed by atoms with van der Waals surface area (Å²) in [4.78, 5) is 5.57. The Morgan fingerprint density at radius 1 is 1.21 bits per heavy atom. The summed E-state index contributed by atoms with van der Waals surface area (Å²) in [5.41, 5.74) is 1.26. The molecule has 1 unspecified atom stereocenters. The number of pyridine rings is 1. The monoisotopic (exact) mass is 268 g/mol. The van der Waals surface area contributed by atoms with E-state index in [0.717, 1.165) is 6.42 Å². The van der Waals surface area contributed by atoms with Crippen LogP contribution in [0.3, 0.4) is 0 Å². The number of benzene rings is 1. The summed E-state index contributed by atoms with van der Waals surface area (Å²) in [6, 6.07) is 15.3. The van der Waals surface area contributed by atoms with Crippen molar-refractivity contribution in [1.82, 2.24) is 10.3 Å². The molecule has 0 saturated carbocycles. The topological polar surface area (TPSA) is 24.9 Å².